The molecule has 1 fully saturated rings. The number of aliphatic carboxylic acids is 2. The topological polar surface area (TPSA) is 77.8 Å². The highest BCUT2D eigenvalue weighted by Crippen LogP contribution is 2.52. The molecule has 158 valence electrons. The lowest BCUT2D eigenvalue weighted by atomic mass is 9.62. The molecule has 1 saturated heterocycles. The predicted molar refractivity (Wildman–Crippen MR) is 118 cm³/mol. The van der Waals surface area contributed by atoms with Crippen LogP contribution in [0.4, 0.5) is 0 Å². The zero-order valence-corrected chi connectivity index (χ0v) is 17.3. The summed E-state index contributed by atoms with van der Waals surface area (Å²) < 4.78 is 0. The van der Waals surface area contributed by atoms with Gasteiger partial charge in [0.2, 0.25) is 0 Å². The highest BCUT2D eigenvalue weighted by molar-refractivity contribution is 5.89. The number of hydrogen-bond donors (Lipinski definition) is 2. The Balaban J connectivity index is 0.000000275. The molecule has 4 aliphatic rings. The van der Waals surface area contributed by atoms with Crippen LogP contribution in [0.15, 0.2) is 84.1 Å². The van der Waals surface area contributed by atoms with Crippen LogP contribution in [-0.2, 0) is 9.59 Å². The molecule has 5 heteroatoms. The fourth-order valence-corrected chi connectivity index (χ4v) is 4.70. The van der Waals surface area contributed by atoms with Crippen molar-refractivity contribution in [2.24, 2.45) is 17.3 Å². The molecule has 2 N–H and O–H groups in total. The Kier molecular flexibility index (Phi) is 7.06. The second kappa shape index (κ2) is 9.72. The number of allylic oxidation sites excluding steroid dienone is 12. The maximum Gasteiger partial charge on any atom is 0.328 e. The van der Waals surface area contributed by atoms with Crippen LogP contribution in [0.25, 0.3) is 0 Å². The molecule has 2 unspecified atom stereocenters. The summed E-state index contributed by atoms with van der Waals surface area (Å²) in [4.78, 5) is 21.6. The van der Waals surface area contributed by atoms with E-state index in [0.717, 1.165) is 12.3 Å². The second-order valence-corrected chi connectivity index (χ2v) is 8.13. The standard InChI is InChI=1S/C21H25N.C4H4O4/c1-22-15-11-17(12-16-22)19-9-6-8-18-7-2-4-13-21(18)14-5-3-10-20(19)21;5-3(6)1-2-4(7)8/h2-10,13,17,19H,11-12,14-16H2,1H3;1-2H,(H,5,6)(H,7,8)/b;2-1-. The van der Waals surface area contributed by atoms with Crippen molar-refractivity contribution in [1.82, 2.24) is 4.90 Å². The molecule has 0 aromatic carbocycles. The summed E-state index contributed by atoms with van der Waals surface area (Å²) in [7, 11) is 2.25. The molecule has 0 aromatic rings. The van der Waals surface area contributed by atoms with Gasteiger partial charge < -0.3 is 15.1 Å². The van der Waals surface area contributed by atoms with Gasteiger partial charge in [0.1, 0.15) is 0 Å². The van der Waals surface area contributed by atoms with Crippen molar-refractivity contribution in [2.45, 2.75) is 19.3 Å². The van der Waals surface area contributed by atoms with E-state index in [1.54, 1.807) is 5.57 Å². The monoisotopic (exact) mass is 407 g/mol. The molecule has 2 atom stereocenters. The van der Waals surface area contributed by atoms with Gasteiger partial charge in [-0.05, 0) is 56.5 Å². The summed E-state index contributed by atoms with van der Waals surface area (Å²) in [5.41, 5.74) is 3.18. The maximum absolute atomic E-state index is 9.55. The quantitative estimate of drug-likeness (QED) is 0.687. The number of carbonyl (C=O) groups is 2. The summed E-state index contributed by atoms with van der Waals surface area (Å²) in [5.74, 6) is -1.14. The molecule has 0 radical (unpaired) electrons. The molecule has 0 amide bonds. The summed E-state index contributed by atoms with van der Waals surface area (Å²) in [6, 6.07) is 0. The van der Waals surface area contributed by atoms with E-state index in [4.69, 9.17) is 10.2 Å². The third-order valence-corrected chi connectivity index (χ3v) is 6.24. The molecule has 0 aromatic heterocycles. The summed E-state index contributed by atoms with van der Waals surface area (Å²) >= 11 is 0. The number of nitrogens with zero attached hydrogens (tertiary/aromatic N) is 1. The fourth-order valence-electron chi connectivity index (χ4n) is 4.70. The molecule has 0 bridgehead atoms. The van der Waals surface area contributed by atoms with E-state index in [2.05, 4.69) is 72.7 Å². The zero-order chi connectivity index (χ0) is 21.6. The van der Waals surface area contributed by atoms with E-state index in [-0.39, 0.29) is 5.41 Å². The Morgan fingerprint density at radius 1 is 1.03 bits per heavy atom. The van der Waals surface area contributed by atoms with Gasteiger partial charge in [0, 0.05) is 23.5 Å². The average Bonchev–Trinajstić information content (AvgIpc) is 2.90. The Morgan fingerprint density at radius 3 is 2.40 bits per heavy atom. The van der Waals surface area contributed by atoms with Crippen molar-refractivity contribution < 1.29 is 19.8 Å². The number of piperidine rings is 1. The lowest BCUT2D eigenvalue weighted by Crippen LogP contribution is -2.36. The highest BCUT2D eigenvalue weighted by Gasteiger charge is 2.41. The van der Waals surface area contributed by atoms with Crippen molar-refractivity contribution in [2.75, 3.05) is 20.1 Å². The van der Waals surface area contributed by atoms with Crippen LogP contribution < -0.4 is 0 Å². The van der Waals surface area contributed by atoms with Crippen LogP contribution in [0.5, 0.6) is 0 Å². The van der Waals surface area contributed by atoms with Crippen LogP contribution in [0, 0.1) is 17.3 Å². The minimum Gasteiger partial charge on any atom is -0.478 e. The molecule has 3 aliphatic carbocycles. The zero-order valence-electron chi connectivity index (χ0n) is 17.3. The van der Waals surface area contributed by atoms with Gasteiger partial charge in [-0.1, -0.05) is 60.8 Å². The van der Waals surface area contributed by atoms with Crippen LogP contribution >= 0.6 is 0 Å². The van der Waals surface area contributed by atoms with E-state index in [9.17, 15) is 9.59 Å². The lowest BCUT2D eigenvalue weighted by Gasteiger charge is -2.43. The van der Waals surface area contributed by atoms with E-state index in [0.29, 0.717) is 18.1 Å². The van der Waals surface area contributed by atoms with Crippen LogP contribution in [0.1, 0.15) is 19.3 Å². The lowest BCUT2D eigenvalue weighted by molar-refractivity contribution is -0.134. The van der Waals surface area contributed by atoms with Gasteiger partial charge in [0.15, 0.2) is 0 Å². The largest absolute Gasteiger partial charge is 0.478 e. The van der Waals surface area contributed by atoms with E-state index in [1.165, 1.54) is 31.5 Å². The third kappa shape index (κ3) is 4.97. The van der Waals surface area contributed by atoms with Crippen molar-refractivity contribution in [3.05, 3.63) is 84.1 Å². The molecular weight excluding hydrogens is 378 g/mol. The molecule has 30 heavy (non-hydrogen) atoms. The van der Waals surface area contributed by atoms with Gasteiger partial charge in [0.05, 0.1) is 0 Å². The summed E-state index contributed by atoms with van der Waals surface area (Å²) in [6.45, 7) is 2.47. The first-order valence-electron chi connectivity index (χ1n) is 10.4. The number of hydrogen-bond acceptors (Lipinski definition) is 3. The summed E-state index contributed by atoms with van der Waals surface area (Å²) in [6.07, 6.45) is 28.1. The van der Waals surface area contributed by atoms with Gasteiger partial charge in [-0.2, -0.15) is 0 Å². The second-order valence-electron chi connectivity index (χ2n) is 8.13. The van der Waals surface area contributed by atoms with E-state index < -0.39 is 11.9 Å². The number of likely N-dealkylation sites (tertiary alicyclic amines) is 1. The third-order valence-electron chi connectivity index (χ3n) is 6.24. The van der Waals surface area contributed by atoms with Crippen molar-refractivity contribution in [1.29, 1.82) is 0 Å². The SMILES string of the molecule is CN1CCC(C2C=CC=C3C=CC=CC34CC=CC=C24)CC1.O=C(O)/C=C\C(=O)O. The normalized spacial score (nSPS) is 28.0. The fraction of sp³-hybridized carbons (Fsp3) is 0.360. The van der Waals surface area contributed by atoms with Gasteiger partial charge in [-0.25, -0.2) is 9.59 Å². The molecule has 4 rings (SSSR count). The van der Waals surface area contributed by atoms with Gasteiger partial charge >= 0.3 is 11.9 Å². The summed E-state index contributed by atoms with van der Waals surface area (Å²) in [5, 5.41) is 15.6. The minimum atomic E-state index is -1.26. The number of rotatable bonds is 3. The van der Waals surface area contributed by atoms with Gasteiger partial charge in [-0.15, -0.1) is 0 Å². The maximum atomic E-state index is 9.55. The highest BCUT2D eigenvalue weighted by atomic mass is 16.4. The first kappa shape index (κ1) is 21.8. The van der Waals surface area contributed by atoms with Crippen LogP contribution in [0.2, 0.25) is 0 Å². The van der Waals surface area contributed by atoms with Crippen LogP contribution in [0.3, 0.4) is 0 Å². The molecule has 5 nitrogen and oxygen atoms in total. The first-order chi connectivity index (χ1) is 14.4. The number of carboxylic acid groups (broad SMARTS) is 2. The Morgan fingerprint density at radius 2 is 1.73 bits per heavy atom. The average molecular weight is 408 g/mol. The van der Waals surface area contributed by atoms with Crippen LogP contribution in [-0.4, -0.2) is 47.2 Å². The van der Waals surface area contributed by atoms with Crippen molar-refractivity contribution in [3.63, 3.8) is 0 Å². The van der Waals surface area contributed by atoms with E-state index in [1.807, 2.05) is 0 Å². The number of carboxylic acids is 2. The predicted octanol–water partition coefficient (Wildman–Crippen LogP) is 4.15. The van der Waals surface area contributed by atoms with Gasteiger partial charge in [0.25, 0.3) is 0 Å². The molecule has 1 aliphatic heterocycles. The van der Waals surface area contributed by atoms with E-state index >= 15 is 0 Å². The Hall–Kier alpha value is -2.92. The minimum absolute atomic E-state index is 0.112. The Labute approximate surface area is 177 Å². The van der Waals surface area contributed by atoms with Crippen molar-refractivity contribution >= 4 is 11.9 Å². The Bertz CT molecular complexity index is 863. The molecule has 0 saturated carbocycles. The first-order valence-corrected chi connectivity index (χ1v) is 10.4. The molecule has 1 heterocycles. The molecule has 1 spiro atoms. The smallest absolute Gasteiger partial charge is 0.328 e. The van der Waals surface area contributed by atoms with Crippen molar-refractivity contribution in [3.8, 4) is 0 Å². The van der Waals surface area contributed by atoms with Gasteiger partial charge in [-0.3, -0.25) is 0 Å². The molecular formula is C25H29NO4.